The van der Waals surface area contributed by atoms with E-state index in [2.05, 4.69) is 21.1 Å². The minimum absolute atomic E-state index is 0.311. The van der Waals surface area contributed by atoms with Crippen LogP contribution in [0.3, 0.4) is 0 Å². The zero-order valence-corrected chi connectivity index (χ0v) is 13.6. The van der Waals surface area contributed by atoms with Crippen molar-refractivity contribution in [2.75, 3.05) is 5.73 Å². The van der Waals surface area contributed by atoms with Crippen molar-refractivity contribution in [3.63, 3.8) is 0 Å². The number of aryl methyl sites for hydroxylation is 1. The van der Waals surface area contributed by atoms with E-state index in [-0.39, 0.29) is 0 Å². The van der Waals surface area contributed by atoms with Gasteiger partial charge in [0.15, 0.2) is 0 Å². The third-order valence-electron chi connectivity index (χ3n) is 3.33. The van der Waals surface area contributed by atoms with Gasteiger partial charge in [-0.15, -0.1) is 0 Å². The highest BCUT2D eigenvalue weighted by Gasteiger charge is 2.19. The van der Waals surface area contributed by atoms with E-state index in [4.69, 9.17) is 21.9 Å². The normalized spacial score (nSPS) is 10.8. The van der Waals surface area contributed by atoms with Gasteiger partial charge in [-0.1, -0.05) is 47.1 Å². The zero-order chi connectivity index (χ0) is 15.0. The van der Waals surface area contributed by atoms with E-state index >= 15 is 0 Å². The lowest BCUT2D eigenvalue weighted by Crippen LogP contribution is -1.90. The van der Waals surface area contributed by atoms with E-state index in [1.807, 2.05) is 49.4 Å². The van der Waals surface area contributed by atoms with Gasteiger partial charge in [-0.2, -0.15) is 0 Å². The molecule has 0 radical (unpaired) electrons. The molecule has 0 unspecified atom stereocenters. The van der Waals surface area contributed by atoms with Crippen LogP contribution >= 0.6 is 27.5 Å². The first-order chi connectivity index (χ1) is 10.1. The van der Waals surface area contributed by atoms with Crippen LogP contribution in [-0.2, 0) is 0 Å². The van der Waals surface area contributed by atoms with Crippen molar-refractivity contribution in [1.82, 2.24) is 5.16 Å². The molecule has 0 aliphatic carbocycles. The Kier molecular flexibility index (Phi) is 3.74. The number of benzene rings is 2. The molecule has 3 rings (SSSR count). The second kappa shape index (κ2) is 5.54. The molecule has 3 nitrogen and oxygen atoms in total. The van der Waals surface area contributed by atoms with Gasteiger partial charge in [-0.05, 0) is 46.1 Å². The molecule has 0 atom stereocenters. The highest BCUT2D eigenvalue weighted by atomic mass is 79.9. The molecule has 0 fully saturated rings. The first kappa shape index (κ1) is 14.2. The summed E-state index contributed by atoms with van der Waals surface area (Å²) in [5.41, 5.74) is 10.5. The largest absolute Gasteiger partial charge is 0.367 e. The lowest BCUT2D eigenvalue weighted by molar-refractivity contribution is 0.439. The SMILES string of the molecule is Cc1ccccc1-c1c(-c2ccc(Cl)c(Br)c2)noc1N. The minimum Gasteiger partial charge on any atom is -0.367 e. The molecule has 1 heterocycles. The van der Waals surface area contributed by atoms with Gasteiger partial charge in [-0.25, -0.2) is 0 Å². The summed E-state index contributed by atoms with van der Waals surface area (Å²) in [7, 11) is 0. The fourth-order valence-corrected chi connectivity index (χ4v) is 2.75. The summed E-state index contributed by atoms with van der Waals surface area (Å²) in [6, 6.07) is 13.6. The molecule has 5 heteroatoms. The highest BCUT2D eigenvalue weighted by Crippen LogP contribution is 2.39. The van der Waals surface area contributed by atoms with Crippen LogP contribution in [0.1, 0.15) is 5.56 Å². The van der Waals surface area contributed by atoms with E-state index in [1.54, 1.807) is 0 Å². The third-order valence-corrected chi connectivity index (χ3v) is 4.54. The second-order valence-electron chi connectivity index (χ2n) is 4.71. The van der Waals surface area contributed by atoms with Crippen LogP contribution in [-0.4, -0.2) is 5.16 Å². The first-order valence-corrected chi connectivity index (χ1v) is 7.51. The Balaban J connectivity index is 2.22. The molecule has 2 aromatic carbocycles. The van der Waals surface area contributed by atoms with Gasteiger partial charge in [0.1, 0.15) is 5.69 Å². The number of nitrogen functional groups attached to an aromatic ring is 1. The molecule has 0 spiro atoms. The number of hydrogen-bond acceptors (Lipinski definition) is 3. The molecule has 0 bridgehead atoms. The molecule has 2 N–H and O–H groups in total. The number of anilines is 1. The molecule has 0 aliphatic rings. The predicted molar refractivity (Wildman–Crippen MR) is 89.2 cm³/mol. The van der Waals surface area contributed by atoms with Crippen molar-refractivity contribution >= 4 is 33.4 Å². The van der Waals surface area contributed by atoms with Gasteiger partial charge < -0.3 is 10.3 Å². The minimum atomic E-state index is 0.311. The van der Waals surface area contributed by atoms with Crippen LogP contribution in [0.2, 0.25) is 5.02 Å². The quantitative estimate of drug-likeness (QED) is 0.671. The van der Waals surface area contributed by atoms with E-state index in [9.17, 15) is 0 Å². The smallest absolute Gasteiger partial charge is 0.230 e. The average molecular weight is 364 g/mol. The fourth-order valence-electron chi connectivity index (χ4n) is 2.26. The van der Waals surface area contributed by atoms with Crippen molar-refractivity contribution in [3.05, 3.63) is 57.5 Å². The summed E-state index contributed by atoms with van der Waals surface area (Å²) in [6.45, 7) is 2.03. The Morgan fingerprint density at radius 2 is 1.95 bits per heavy atom. The van der Waals surface area contributed by atoms with Gasteiger partial charge in [0.25, 0.3) is 0 Å². The van der Waals surface area contributed by atoms with E-state index in [0.717, 1.165) is 26.7 Å². The Bertz CT molecular complexity index is 814. The molecule has 1 aromatic heterocycles. The summed E-state index contributed by atoms with van der Waals surface area (Å²) in [5, 5.41) is 4.76. The maximum atomic E-state index is 6.04. The Hall–Kier alpha value is -1.78. The summed E-state index contributed by atoms with van der Waals surface area (Å²) in [4.78, 5) is 0. The summed E-state index contributed by atoms with van der Waals surface area (Å²) >= 11 is 9.46. The van der Waals surface area contributed by atoms with Crippen LogP contribution in [0.25, 0.3) is 22.4 Å². The first-order valence-electron chi connectivity index (χ1n) is 6.34. The topological polar surface area (TPSA) is 52.0 Å². The molecule has 21 heavy (non-hydrogen) atoms. The summed E-state index contributed by atoms with van der Waals surface area (Å²) in [6.07, 6.45) is 0. The van der Waals surface area contributed by atoms with Crippen LogP contribution < -0.4 is 5.73 Å². The van der Waals surface area contributed by atoms with E-state index in [0.29, 0.717) is 16.6 Å². The maximum absolute atomic E-state index is 6.04. The number of nitrogens with two attached hydrogens (primary N) is 1. The van der Waals surface area contributed by atoms with Gasteiger partial charge in [0.2, 0.25) is 5.88 Å². The second-order valence-corrected chi connectivity index (χ2v) is 5.98. The van der Waals surface area contributed by atoms with Crippen LogP contribution in [0, 0.1) is 6.92 Å². The molecule has 0 saturated heterocycles. The van der Waals surface area contributed by atoms with Crippen molar-refractivity contribution in [2.24, 2.45) is 0 Å². The van der Waals surface area contributed by atoms with E-state index in [1.165, 1.54) is 0 Å². The Morgan fingerprint density at radius 3 is 2.67 bits per heavy atom. The van der Waals surface area contributed by atoms with Crippen molar-refractivity contribution < 1.29 is 4.52 Å². The molecular weight excluding hydrogens is 352 g/mol. The standard InChI is InChI=1S/C16H12BrClN2O/c1-9-4-2-3-5-11(9)14-15(20-21-16(14)19)10-6-7-13(18)12(17)8-10/h2-8H,19H2,1H3. The fraction of sp³-hybridized carbons (Fsp3) is 0.0625. The number of rotatable bonds is 2. The zero-order valence-electron chi connectivity index (χ0n) is 11.2. The number of aromatic nitrogens is 1. The highest BCUT2D eigenvalue weighted by molar-refractivity contribution is 9.10. The van der Waals surface area contributed by atoms with Gasteiger partial charge >= 0.3 is 0 Å². The maximum Gasteiger partial charge on any atom is 0.230 e. The molecule has 0 saturated carbocycles. The monoisotopic (exact) mass is 362 g/mol. The lowest BCUT2D eigenvalue weighted by Gasteiger charge is -2.07. The van der Waals surface area contributed by atoms with Crippen molar-refractivity contribution in [3.8, 4) is 22.4 Å². The van der Waals surface area contributed by atoms with Crippen molar-refractivity contribution in [1.29, 1.82) is 0 Å². The number of hydrogen-bond donors (Lipinski definition) is 1. The van der Waals surface area contributed by atoms with Gasteiger partial charge in [0.05, 0.1) is 10.6 Å². The predicted octanol–water partition coefficient (Wildman–Crippen LogP) is 5.32. The number of halogens is 2. The summed E-state index contributed by atoms with van der Waals surface area (Å²) < 4.78 is 6.01. The lowest BCUT2D eigenvalue weighted by atomic mass is 9.97. The number of nitrogens with zero attached hydrogens (tertiary/aromatic N) is 1. The summed E-state index contributed by atoms with van der Waals surface area (Å²) in [5.74, 6) is 0.311. The van der Waals surface area contributed by atoms with Crippen LogP contribution in [0.15, 0.2) is 51.5 Å². The molecular formula is C16H12BrClN2O. The molecule has 106 valence electrons. The average Bonchev–Trinajstić information content (AvgIpc) is 2.84. The van der Waals surface area contributed by atoms with E-state index < -0.39 is 0 Å². The molecule has 0 aliphatic heterocycles. The van der Waals surface area contributed by atoms with Crippen LogP contribution in [0.5, 0.6) is 0 Å². The van der Waals surface area contributed by atoms with Crippen molar-refractivity contribution in [2.45, 2.75) is 6.92 Å². The third kappa shape index (κ3) is 2.57. The molecule has 3 aromatic rings. The Morgan fingerprint density at radius 1 is 1.19 bits per heavy atom. The van der Waals surface area contributed by atoms with Gasteiger partial charge in [0, 0.05) is 10.0 Å². The molecule has 0 amide bonds. The van der Waals surface area contributed by atoms with Gasteiger partial charge in [-0.3, -0.25) is 0 Å². The van der Waals surface area contributed by atoms with Crippen LogP contribution in [0.4, 0.5) is 5.88 Å². The Labute approximate surface area is 135 Å².